The number of hydrogen-bond acceptors (Lipinski definition) is 5. The van der Waals surface area contributed by atoms with Crippen LogP contribution in [0.4, 0.5) is 0 Å². The summed E-state index contributed by atoms with van der Waals surface area (Å²) in [6.07, 6.45) is 5.03. The summed E-state index contributed by atoms with van der Waals surface area (Å²) in [5.74, 6) is -0.946. The number of benzene rings is 1. The molecule has 1 atom stereocenters. The van der Waals surface area contributed by atoms with Crippen molar-refractivity contribution in [3.63, 3.8) is 0 Å². The quantitative estimate of drug-likeness (QED) is 0.634. The predicted octanol–water partition coefficient (Wildman–Crippen LogP) is 3.32. The molecule has 9 heteroatoms. The van der Waals surface area contributed by atoms with Crippen molar-refractivity contribution in [2.75, 3.05) is 32.8 Å². The number of amides is 1. The fourth-order valence-corrected chi connectivity index (χ4v) is 6.07. The molecule has 0 spiro atoms. The number of ether oxygens (including phenoxy) is 1. The minimum absolute atomic E-state index is 0.0316. The minimum atomic E-state index is -3.78. The number of esters is 1. The van der Waals surface area contributed by atoms with Gasteiger partial charge in [-0.2, -0.15) is 4.31 Å². The van der Waals surface area contributed by atoms with Crippen LogP contribution in [0.5, 0.6) is 0 Å². The zero-order chi connectivity index (χ0) is 21.7. The van der Waals surface area contributed by atoms with Gasteiger partial charge in [0.1, 0.15) is 4.90 Å². The third kappa shape index (κ3) is 5.15. The summed E-state index contributed by atoms with van der Waals surface area (Å²) in [4.78, 5) is 26.7. The van der Waals surface area contributed by atoms with Crippen LogP contribution in [0, 0.1) is 5.92 Å². The van der Waals surface area contributed by atoms with Crippen molar-refractivity contribution in [2.45, 2.75) is 50.3 Å². The maximum atomic E-state index is 13.2. The third-order valence-electron chi connectivity index (χ3n) is 5.69. The Morgan fingerprint density at radius 3 is 2.47 bits per heavy atom. The van der Waals surface area contributed by atoms with Crippen LogP contribution in [0.15, 0.2) is 23.1 Å². The summed E-state index contributed by atoms with van der Waals surface area (Å²) in [6, 6.07) is 4.38. The summed E-state index contributed by atoms with van der Waals surface area (Å²) in [6.45, 7) is 3.77. The van der Waals surface area contributed by atoms with Crippen LogP contribution in [-0.2, 0) is 19.6 Å². The molecule has 0 unspecified atom stereocenters. The van der Waals surface area contributed by atoms with Crippen LogP contribution in [0.1, 0.15) is 55.8 Å². The molecule has 0 aliphatic carbocycles. The van der Waals surface area contributed by atoms with Gasteiger partial charge < -0.3 is 9.64 Å². The van der Waals surface area contributed by atoms with Gasteiger partial charge in [-0.15, -0.1) is 0 Å². The number of likely N-dealkylation sites (tertiary alicyclic amines) is 1. The van der Waals surface area contributed by atoms with Crippen molar-refractivity contribution >= 4 is 33.5 Å². The van der Waals surface area contributed by atoms with E-state index >= 15 is 0 Å². The van der Waals surface area contributed by atoms with E-state index in [0.717, 1.165) is 25.7 Å². The average Bonchev–Trinajstić information content (AvgIpc) is 3.04. The van der Waals surface area contributed by atoms with Gasteiger partial charge >= 0.3 is 5.97 Å². The zero-order valence-corrected chi connectivity index (χ0v) is 18.9. The molecule has 3 rings (SSSR count). The van der Waals surface area contributed by atoms with E-state index in [1.54, 1.807) is 17.9 Å². The summed E-state index contributed by atoms with van der Waals surface area (Å²) >= 11 is 6.24. The van der Waals surface area contributed by atoms with Crippen molar-refractivity contribution in [3.05, 3.63) is 28.8 Å². The topological polar surface area (TPSA) is 84.0 Å². The van der Waals surface area contributed by atoms with Gasteiger partial charge in [0.25, 0.3) is 5.91 Å². The highest BCUT2D eigenvalue weighted by Crippen LogP contribution is 2.29. The zero-order valence-electron chi connectivity index (χ0n) is 17.3. The van der Waals surface area contributed by atoms with Gasteiger partial charge in [0, 0.05) is 31.7 Å². The van der Waals surface area contributed by atoms with Gasteiger partial charge in [0.2, 0.25) is 10.0 Å². The fraction of sp³-hybridized carbons (Fsp3) is 0.619. The first kappa shape index (κ1) is 23.0. The van der Waals surface area contributed by atoms with Crippen LogP contribution >= 0.6 is 11.6 Å². The first-order valence-corrected chi connectivity index (χ1v) is 12.4. The standard InChI is InChI=1S/C21H29ClN2O5S/c1-2-29-21(26)17-8-7-11-23(15-17)20(25)16-9-10-18(22)19(14-16)30(27,28)24-12-5-3-4-6-13-24/h9-10,14,17H,2-8,11-13,15H2,1H3/t17-/m1/s1. The second-order valence-electron chi connectivity index (χ2n) is 7.81. The van der Waals surface area contributed by atoms with Crippen LogP contribution in [-0.4, -0.2) is 62.3 Å². The molecule has 0 radical (unpaired) electrons. The van der Waals surface area contributed by atoms with Gasteiger partial charge in [-0.25, -0.2) is 8.42 Å². The maximum Gasteiger partial charge on any atom is 0.310 e. The molecule has 1 aromatic rings. The Balaban J connectivity index is 1.82. The first-order valence-electron chi connectivity index (χ1n) is 10.6. The van der Waals surface area contributed by atoms with E-state index in [0.29, 0.717) is 39.1 Å². The molecule has 2 aliphatic rings. The highest BCUT2D eigenvalue weighted by molar-refractivity contribution is 7.89. The van der Waals surface area contributed by atoms with Crippen molar-refractivity contribution in [1.29, 1.82) is 0 Å². The molecule has 2 saturated heterocycles. The molecule has 2 heterocycles. The molecule has 2 fully saturated rings. The number of sulfonamides is 1. The van der Waals surface area contributed by atoms with E-state index < -0.39 is 10.0 Å². The van der Waals surface area contributed by atoms with Crippen molar-refractivity contribution < 1.29 is 22.7 Å². The third-order valence-corrected chi connectivity index (χ3v) is 8.07. The number of piperidine rings is 1. The lowest BCUT2D eigenvalue weighted by molar-refractivity contribution is -0.149. The predicted molar refractivity (Wildman–Crippen MR) is 114 cm³/mol. The highest BCUT2D eigenvalue weighted by Gasteiger charge is 2.32. The Morgan fingerprint density at radius 2 is 1.80 bits per heavy atom. The number of rotatable bonds is 5. The molecule has 7 nitrogen and oxygen atoms in total. The molecule has 0 aromatic heterocycles. The summed E-state index contributed by atoms with van der Waals surface area (Å²) in [5, 5.41) is 0.110. The second-order valence-corrected chi connectivity index (χ2v) is 10.1. The van der Waals surface area contributed by atoms with E-state index in [2.05, 4.69) is 0 Å². The van der Waals surface area contributed by atoms with E-state index in [1.165, 1.54) is 16.4 Å². The molecule has 0 bridgehead atoms. The lowest BCUT2D eigenvalue weighted by Gasteiger charge is -2.31. The molecule has 166 valence electrons. The Kier molecular flexibility index (Phi) is 7.76. The summed E-state index contributed by atoms with van der Waals surface area (Å²) < 4.78 is 32.9. The Hall–Kier alpha value is -1.64. The second kappa shape index (κ2) is 10.1. The molecule has 1 amide bonds. The molecule has 30 heavy (non-hydrogen) atoms. The van der Waals surface area contributed by atoms with E-state index in [9.17, 15) is 18.0 Å². The Bertz CT molecular complexity index is 881. The van der Waals surface area contributed by atoms with Crippen LogP contribution < -0.4 is 0 Å². The maximum absolute atomic E-state index is 13.2. The molecular formula is C21H29ClN2O5S. The molecule has 0 N–H and O–H groups in total. The highest BCUT2D eigenvalue weighted by atomic mass is 35.5. The lowest BCUT2D eigenvalue weighted by atomic mass is 9.97. The Labute approximate surface area is 183 Å². The SMILES string of the molecule is CCOC(=O)[C@@H]1CCCN(C(=O)c2ccc(Cl)c(S(=O)(=O)N3CCCCCC3)c2)C1. The average molecular weight is 457 g/mol. The van der Waals surface area contributed by atoms with Gasteiger partial charge in [0.15, 0.2) is 0 Å². The van der Waals surface area contributed by atoms with Gasteiger partial charge in [-0.05, 0) is 50.8 Å². The van der Waals surface area contributed by atoms with Crippen LogP contribution in [0.3, 0.4) is 0 Å². The molecular weight excluding hydrogens is 428 g/mol. The van der Waals surface area contributed by atoms with Crippen LogP contribution in [0.25, 0.3) is 0 Å². The minimum Gasteiger partial charge on any atom is -0.466 e. The van der Waals surface area contributed by atoms with Gasteiger partial charge in [-0.1, -0.05) is 24.4 Å². The lowest BCUT2D eigenvalue weighted by Crippen LogP contribution is -2.43. The number of hydrogen-bond donors (Lipinski definition) is 0. The molecule has 1 aromatic carbocycles. The number of halogens is 1. The van der Waals surface area contributed by atoms with Crippen LogP contribution in [0.2, 0.25) is 5.02 Å². The first-order chi connectivity index (χ1) is 14.3. The van der Waals surface area contributed by atoms with Crippen molar-refractivity contribution in [1.82, 2.24) is 9.21 Å². The van der Waals surface area contributed by atoms with E-state index in [4.69, 9.17) is 16.3 Å². The molecule has 2 aliphatic heterocycles. The number of carbonyl (C=O) groups excluding carboxylic acids is 2. The van der Waals surface area contributed by atoms with Gasteiger partial charge in [-0.3, -0.25) is 9.59 Å². The van der Waals surface area contributed by atoms with Crippen molar-refractivity contribution in [2.24, 2.45) is 5.92 Å². The van der Waals surface area contributed by atoms with E-state index in [-0.39, 0.29) is 39.8 Å². The summed E-state index contributed by atoms with van der Waals surface area (Å²) in [7, 11) is -3.78. The van der Waals surface area contributed by atoms with E-state index in [1.807, 2.05) is 0 Å². The fourth-order valence-electron chi connectivity index (χ4n) is 4.05. The monoisotopic (exact) mass is 456 g/mol. The van der Waals surface area contributed by atoms with Gasteiger partial charge in [0.05, 0.1) is 17.5 Å². The number of carbonyl (C=O) groups is 2. The number of nitrogens with zero attached hydrogens (tertiary/aromatic N) is 2. The smallest absolute Gasteiger partial charge is 0.310 e. The van der Waals surface area contributed by atoms with Crippen molar-refractivity contribution in [3.8, 4) is 0 Å². The summed E-state index contributed by atoms with van der Waals surface area (Å²) in [5.41, 5.74) is 0.261. The normalized spacial score (nSPS) is 21.1. The largest absolute Gasteiger partial charge is 0.466 e. The Morgan fingerprint density at radius 1 is 1.10 bits per heavy atom. The molecule has 0 saturated carbocycles.